The molecule has 4 saturated carbocycles. The summed E-state index contributed by atoms with van der Waals surface area (Å²) < 4.78 is 0.966. The van der Waals surface area contributed by atoms with E-state index in [4.69, 9.17) is 0 Å². The first-order valence-electron chi connectivity index (χ1n) is 9.41. The van der Waals surface area contributed by atoms with Crippen molar-refractivity contribution in [1.29, 1.82) is 0 Å². The number of benzene rings is 1. The Balaban J connectivity index is 1.42. The Morgan fingerprint density at radius 3 is 2.35 bits per heavy atom. The zero-order chi connectivity index (χ0) is 17.9. The molecule has 4 nitrogen and oxygen atoms in total. The number of hydrogen-bond donors (Lipinski definition) is 0. The van der Waals surface area contributed by atoms with Crippen LogP contribution in [0.1, 0.15) is 53.9 Å². The summed E-state index contributed by atoms with van der Waals surface area (Å²) in [7, 11) is 1.81. The lowest BCUT2D eigenvalue weighted by Crippen LogP contribution is -2.48. The van der Waals surface area contributed by atoms with E-state index in [2.05, 4.69) is 32.8 Å². The molecule has 0 unspecified atom stereocenters. The normalized spacial score (nSPS) is 32.0. The van der Waals surface area contributed by atoms with Crippen molar-refractivity contribution < 1.29 is 4.79 Å². The molecule has 6 rings (SSSR count). The highest BCUT2D eigenvalue weighted by atomic mass is 127. The number of carbonyl (C=O) groups excluding carboxylic acids is 1. The Morgan fingerprint density at radius 1 is 1.12 bits per heavy atom. The average Bonchev–Trinajstić information content (AvgIpc) is 3.11. The molecule has 0 atom stereocenters. The van der Waals surface area contributed by atoms with Gasteiger partial charge in [-0.3, -0.25) is 9.69 Å². The Morgan fingerprint density at radius 2 is 1.73 bits per heavy atom. The second-order valence-electron chi connectivity index (χ2n) is 8.43. The summed E-state index contributed by atoms with van der Waals surface area (Å²) in [6.45, 7) is 0. The SMILES string of the molecule is CN(C(=O)c1ccccc1I)c1nnc(C23CC4CC(CC(C4)C2)C3)s1. The minimum absolute atomic E-state index is 0.0109. The van der Waals surface area contributed by atoms with Crippen LogP contribution in [0.2, 0.25) is 0 Å². The van der Waals surface area contributed by atoms with Gasteiger partial charge in [0.15, 0.2) is 0 Å². The fourth-order valence-corrected chi connectivity index (χ4v) is 7.48. The molecule has 4 fully saturated rings. The molecule has 4 aliphatic carbocycles. The van der Waals surface area contributed by atoms with Gasteiger partial charge in [-0.2, -0.15) is 0 Å². The van der Waals surface area contributed by atoms with Crippen molar-refractivity contribution in [2.45, 2.75) is 43.9 Å². The molecule has 0 N–H and O–H groups in total. The fraction of sp³-hybridized carbons (Fsp3) is 0.550. The molecule has 136 valence electrons. The average molecular weight is 479 g/mol. The molecule has 6 heteroatoms. The molecule has 1 aromatic carbocycles. The van der Waals surface area contributed by atoms with Crippen molar-refractivity contribution >= 4 is 45.0 Å². The molecular weight excluding hydrogens is 457 g/mol. The molecule has 26 heavy (non-hydrogen) atoms. The molecule has 1 aromatic heterocycles. The van der Waals surface area contributed by atoms with Gasteiger partial charge in [-0.25, -0.2) is 0 Å². The number of nitrogens with zero attached hydrogens (tertiary/aromatic N) is 3. The van der Waals surface area contributed by atoms with E-state index in [1.54, 1.807) is 16.2 Å². The summed E-state index contributed by atoms with van der Waals surface area (Å²) in [4.78, 5) is 14.5. The second-order valence-corrected chi connectivity index (χ2v) is 10.5. The molecular formula is C20H22IN3OS. The molecule has 1 amide bonds. The van der Waals surface area contributed by atoms with Crippen molar-refractivity contribution in [2.75, 3.05) is 11.9 Å². The van der Waals surface area contributed by atoms with E-state index in [1.165, 1.54) is 43.5 Å². The first-order chi connectivity index (χ1) is 12.5. The van der Waals surface area contributed by atoms with Crippen LogP contribution in [0.25, 0.3) is 0 Å². The summed E-state index contributed by atoms with van der Waals surface area (Å²) in [5, 5.41) is 10.9. The Kier molecular flexibility index (Phi) is 4.12. The smallest absolute Gasteiger partial charge is 0.260 e. The van der Waals surface area contributed by atoms with Crippen LogP contribution in [0.15, 0.2) is 24.3 Å². The van der Waals surface area contributed by atoms with Gasteiger partial charge in [0.1, 0.15) is 5.01 Å². The highest BCUT2D eigenvalue weighted by Gasteiger charge is 2.53. The lowest BCUT2D eigenvalue weighted by Gasteiger charge is -2.55. The van der Waals surface area contributed by atoms with E-state index in [1.807, 2.05) is 31.3 Å². The lowest BCUT2D eigenvalue weighted by atomic mass is 9.50. The molecule has 4 bridgehead atoms. The second kappa shape index (κ2) is 6.26. The van der Waals surface area contributed by atoms with Gasteiger partial charge >= 0.3 is 0 Å². The van der Waals surface area contributed by atoms with Crippen molar-refractivity contribution in [2.24, 2.45) is 17.8 Å². The molecule has 0 radical (unpaired) electrons. The van der Waals surface area contributed by atoms with Crippen LogP contribution in [-0.4, -0.2) is 23.2 Å². The Bertz CT molecular complexity index is 829. The van der Waals surface area contributed by atoms with E-state index in [9.17, 15) is 4.79 Å². The molecule has 1 heterocycles. The quantitative estimate of drug-likeness (QED) is 0.590. The summed E-state index contributed by atoms with van der Waals surface area (Å²) in [5.74, 6) is 2.65. The number of amides is 1. The van der Waals surface area contributed by atoms with Crippen LogP contribution in [0, 0.1) is 21.3 Å². The largest absolute Gasteiger partial charge is 0.286 e. The third kappa shape index (κ3) is 2.71. The third-order valence-corrected chi connectivity index (χ3v) is 8.79. The molecule has 2 aromatic rings. The summed E-state index contributed by atoms with van der Waals surface area (Å²) in [6, 6.07) is 7.70. The number of aromatic nitrogens is 2. The number of hydrogen-bond acceptors (Lipinski definition) is 4. The summed E-state index contributed by atoms with van der Waals surface area (Å²) in [6.07, 6.45) is 8.12. The van der Waals surface area contributed by atoms with Crippen molar-refractivity contribution in [3.8, 4) is 0 Å². The summed E-state index contributed by atoms with van der Waals surface area (Å²) in [5.41, 5.74) is 0.970. The van der Waals surface area contributed by atoms with Gasteiger partial charge < -0.3 is 0 Å². The predicted molar refractivity (Wildman–Crippen MR) is 112 cm³/mol. The summed E-state index contributed by atoms with van der Waals surface area (Å²) >= 11 is 3.85. The standard InChI is InChI=1S/C20H22IN3OS/c1-24(17(25)15-4-2-3-5-16(15)21)19-23-22-18(26-19)20-9-12-6-13(10-20)8-14(7-12)11-20/h2-5,12-14H,6-11H2,1H3. The van der Waals surface area contributed by atoms with Gasteiger partial charge in [-0.15, -0.1) is 10.2 Å². The van der Waals surface area contributed by atoms with Crippen molar-refractivity contribution in [1.82, 2.24) is 10.2 Å². The molecule has 0 saturated heterocycles. The highest BCUT2D eigenvalue weighted by Crippen LogP contribution is 2.61. The van der Waals surface area contributed by atoms with Gasteiger partial charge in [-0.1, -0.05) is 23.5 Å². The zero-order valence-electron chi connectivity index (χ0n) is 14.8. The van der Waals surface area contributed by atoms with Crippen LogP contribution in [0.3, 0.4) is 0 Å². The van der Waals surface area contributed by atoms with E-state index in [0.29, 0.717) is 0 Å². The Hall–Kier alpha value is -1.02. The van der Waals surface area contributed by atoms with E-state index < -0.39 is 0 Å². The minimum Gasteiger partial charge on any atom is -0.286 e. The number of rotatable bonds is 3. The number of anilines is 1. The van der Waals surface area contributed by atoms with E-state index >= 15 is 0 Å². The molecule has 4 aliphatic rings. The monoisotopic (exact) mass is 479 g/mol. The minimum atomic E-state index is -0.0109. The molecule has 0 spiro atoms. The van der Waals surface area contributed by atoms with E-state index in [-0.39, 0.29) is 11.3 Å². The molecule has 0 aliphatic heterocycles. The zero-order valence-corrected chi connectivity index (χ0v) is 17.8. The van der Waals surface area contributed by atoms with E-state index in [0.717, 1.165) is 32.0 Å². The van der Waals surface area contributed by atoms with Gasteiger partial charge in [0.2, 0.25) is 5.13 Å². The predicted octanol–water partition coefficient (Wildman–Crippen LogP) is 4.89. The maximum atomic E-state index is 12.9. The van der Waals surface area contributed by atoms with Gasteiger partial charge in [0.05, 0.1) is 5.56 Å². The van der Waals surface area contributed by atoms with Crippen molar-refractivity contribution in [3.05, 3.63) is 38.4 Å². The van der Waals surface area contributed by atoms with Crippen LogP contribution in [0.4, 0.5) is 5.13 Å². The van der Waals surface area contributed by atoms with Crippen LogP contribution in [-0.2, 0) is 5.41 Å². The first-order valence-corrected chi connectivity index (χ1v) is 11.3. The maximum absolute atomic E-state index is 12.9. The number of carbonyl (C=O) groups is 1. The van der Waals surface area contributed by atoms with Crippen LogP contribution in [0.5, 0.6) is 0 Å². The van der Waals surface area contributed by atoms with Crippen molar-refractivity contribution in [3.63, 3.8) is 0 Å². The third-order valence-electron chi connectivity index (χ3n) is 6.60. The Labute approximate surface area is 171 Å². The van der Waals surface area contributed by atoms with Gasteiger partial charge in [-0.05, 0) is 91.0 Å². The maximum Gasteiger partial charge on any atom is 0.260 e. The van der Waals surface area contributed by atoms with Gasteiger partial charge in [0, 0.05) is 16.0 Å². The number of halogens is 1. The highest BCUT2D eigenvalue weighted by molar-refractivity contribution is 14.1. The van der Waals surface area contributed by atoms with Gasteiger partial charge in [0.25, 0.3) is 5.91 Å². The topological polar surface area (TPSA) is 46.1 Å². The first kappa shape index (κ1) is 17.1. The van der Waals surface area contributed by atoms with Crippen LogP contribution < -0.4 is 4.90 Å². The lowest BCUT2D eigenvalue weighted by molar-refractivity contribution is -0.00555. The van der Waals surface area contributed by atoms with Crippen LogP contribution >= 0.6 is 33.9 Å². The fourth-order valence-electron chi connectivity index (χ4n) is 5.84.